The van der Waals surface area contributed by atoms with E-state index < -0.39 is 5.63 Å². The summed E-state index contributed by atoms with van der Waals surface area (Å²) >= 11 is 5.98. The Morgan fingerprint density at radius 1 is 0.909 bits per heavy atom. The number of carbonyl (C=O) groups is 1. The number of rotatable bonds is 3. The van der Waals surface area contributed by atoms with Gasteiger partial charge < -0.3 is 18.6 Å². The number of furan rings is 1. The summed E-state index contributed by atoms with van der Waals surface area (Å²) in [6.07, 6.45) is 0.0342. The van der Waals surface area contributed by atoms with Gasteiger partial charge in [0.1, 0.15) is 16.9 Å². The molecule has 1 saturated heterocycles. The molecule has 5 rings (SSSR count). The fourth-order valence-electron chi connectivity index (χ4n) is 4.56. The van der Waals surface area contributed by atoms with Crippen LogP contribution in [0.4, 0.5) is 5.69 Å². The van der Waals surface area contributed by atoms with E-state index in [-0.39, 0.29) is 12.3 Å². The summed E-state index contributed by atoms with van der Waals surface area (Å²) in [4.78, 5) is 29.9. The third-order valence-electron chi connectivity index (χ3n) is 6.73. The van der Waals surface area contributed by atoms with Gasteiger partial charge in [0.2, 0.25) is 5.91 Å². The predicted octanol–water partition coefficient (Wildman–Crippen LogP) is 5.01. The molecule has 33 heavy (non-hydrogen) atoms. The first kappa shape index (κ1) is 21.6. The molecule has 1 aliphatic heterocycles. The van der Waals surface area contributed by atoms with E-state index in [1.807, 2.05) is 56.0 Å². The minimum absolute atomic E-state index is 0.0342. The average molecular weight is 465 g/mol. The summed E-state index contributed by atoms with van der Waals surface area (Å²) in [7, 11) is 0. The van der Waals surface area contributed by atoms with Gasteiger partial charge in [0.15, 0.2) is 0 Å². The number of hydrogen-bond donors (Lipinski definition) is 0. The van der Waals surface area contributed by atoms with Crippen molar-refractivity contribution in [1.29, 1.82) is 0 Å². The summed E-state index contributed by atoms with van der Waals surface area (Å²) in [5.41, 5.74) is 4.07. The Balaban J connectivity index is 1.37. The molecule has 3 heterocycles. The van der Waals surface area contributed by atoms with Crippen LogP contribution in [0.15, 0.2) is 50.0 Å². The van der Waals surface area contributed by atoms with Crippen LogP contribution in [0.1, 0.15) is 22.5 Å². The second kappa shape index (κ2) is 8.27. The average Bonchev–Trinajstić information content (AvgIpc) is 3.08. The van der Waals surface area contributed by atoms with Gasteiger partial charge in [0.25, 0.3) is 0 Å². The van der Waals surface area contributed by atoms with Crippen molar-refractivity contribution in [1.82, 2.24) is 4.90 Å². The van der Waals surface area contributed by atoms with Crippen molar-refractivity contribution in [2.75, 3.05) is 31.1 Å². The first-order valence-electron chi connectivity index (χ1n) is 11.1. The molecule has 2 aromatic heterocycles. The van der Waals surface area contributed by atoms with Crippen LogP contribution in [0.5, 0.6) is 0 Å². The molecule has 7 heteroatoms. The second-order valence-electron chi connectivity index (χ2n) is 8.64. The quantitative estimate of drug-likeness (QED) is 0.399. The fourth-order valence-corrected chi connectivity index (χ4v) is 4.68. The molecule has 0 atom stereocenters. The van der Waals surface area contributed by atoms with Gasteiger partial charge in [0.05, 0.1) is 12.0 Å². The van der Waals surface area contributed by atoms with Crippen molar-refractivity contribution in [3.63, 3.8) is 0 Å². The number of benzene rings is 2. The number of amides is 1. The number of fused-ring (bicyclic) bond motifs is 2. The zero-order valence-electron chi connectivity index (χ0n) is 18.9. The van der Waals surface area contributed by atoms with E-state index in [2.05, 4.69) is 4.90 Å². The lowest BCUT2D eigenvalue weighted by Crippen LogP contribution is -2.49. The van der Waals surface area contributed by atoms with Crippen molar-refractivity contribution >= 4 is 45.1 Å². The van der Waals surface area contributed by atoms with Crippen molar-refractivity contribution < 1.29 is 13.6 Å². The molecule has 0 saturated carbocycles. The smallest absolute Gasteiger partial charge is 0.340 e. The van der Waals surface area contributed by atoms with E-state index in [1.54, 1.807) is 6.07 Å². The molecule has 1 aliphatic rings. The van der Waals surface area contributed by atoms with E-state index in [4.69, 9.17) is 20.4 Å². The maximum atomic E-state index is 13.1. The molecule has 1 fully saturated rings. The van der Waals surface area contributed by atoms with Crippen molar-refractivity contribution in [3.8, 4) is 0 Å². The van der Waals surface area contributed by atoms with E-state index in [0.717, 1.165) is 46.4 Å². The monoisotopic (exact) mass is 464 g/mol. The van der Waals surface area contributed by atoms with E-state index in [9.17, 15) is 9.59 Å². The van der Waals surface area contributed by atoms with Crippen LogP contribution < -0.4 is 10.5 Å². The number of aryl methyl sites for hydroxylation is 3. The zero-order valence-corrected chi connectivity index (χ0v) is 19.7. The van der Waals surface area contributed by atoms with E-state index in [1.165, 1.54) is 0 Å². The van der Waals surface area contributed by atoms with Crippen molar-refractivity contribution in [2.45, 2.75) is 27.2 Å². The number of halogens is 1. The molecule has 0 bridgehead atoms. The molecule has 4 aromatic rings. The Hall–Kier alpha value is -3.25. The van der Waals surface area contributed by atoms with Gasteiger partial charge >= 0.3 is 5.63 Å². The first-order chi connectivity index (χ1) is 15.8. The minimum atomic E-state index is -0.465. The van der Waals surface area contributed by atoms with Crippen LogP contribution in [-0.2, 0) is 11.2 Å². The fraction of sp³-hybridized carbons (Fsp3) is 0.308. The van der Waals surface area contributed by atoms with Crippen molar-refractivity contribution in [2.24, 2.45) is 0 Å². The van der Waals surface area contributed by atoms with Crippen LogP contribution in [0.2, 0.25) is 5.02 Å². The zero-order chi connectivity index (χ0) is 23.3. The lowest BCUT2D eigenvalue weighted by Gasteiger charge is -2.36. The highest BCUT2D eigenvalue weighted by Crippen LogP contribution is 2.31. The van der Waals surface area contributed by atoms with Gasteiger partial charge in [-0.25, -0.2) is 4.79 Å². The summed E-state index contributed by atoms with van der Waals surface area (Å²) < 4.78 is 11.4. The van der Waals surface area contributed by atoms with Crippen LogP contribution in [0, 0.1) is 20.8 Å². The van der Waals surface area contributed by atoms with Gasteiger partial charge in [-0.05, 0) is 62.2 Å². The second-order valence-corrected chi connectivity index (χ2v) is 9.08. The highest BCUT2D eigenvalue weighted by Gasteiger charge is 2.24. The Bertz CT molecular complexity index is 1430. The van der Waals surface area contributed by atoms with Crippen LogP contribution in [0.3, 0.4) is 0 Å². The molecule has 2 aromatic carbocycles. The molecular formula is C26H25ClN2O4. The Kier molecular flexibility index (Phi) is 5.41. The predicted molar refractivity (Wildman–Crippen MR) is 130 cm³/mol. The normalized spacial score (nSPS) is 14.4. The number of nitrogens with zero attached hydrogens (tertiary/aromatic N) is 2. The lowest BCUT2D eigenvalue weighted by atomic mass is 10.0. The Morgan fingerprint density at radius 3 is 2.24 bits per heavy atom. The first-order valence-corrected chi connectivity index (χ1v) is 11.4. The number of piperazine rings is 1. The largest absolute Gasteiger partial charge is 0.461 e. The highest BCUT2D eigenvalue weighted by atomic mass is 35.5. The third kappa shape index (κ3) is 3.89. The maximum Gasteiger partial charge on any atom is 0.340 e. The highest BCUT2D eigenvalue weighted by molar-refractivity contribution is 6.30. The maximum absolute atomic E-state index is 13.1. The summed E-state index contributed by atoms with van der Waals surface area (Å²) in [6, 6.07) is 11.5. The summed E-state index contributed by atoms with van der Waals surface area (Å²) in [6.45, 7) is 8.48. The molecule has 0 spiro atoms. The van der Waals surface area contributed by atoms with Gasteiger partial charge in [0, 0.05) is 53.7 Å². The molecule has 170 valence electrons. The molecule has 1 amide bonds. The molecule has 6 nitrogen and oxygen atoms in total. The number of anilines is 1. The third-order valence-corrected chi connectivity index (χ3v) is 6.99. The standard InChI is InChI=1S/C26H25ClN2O4/c1-15-17(3)32-23-14-24-21(12-20(15)23)16(2)22(26(31)33-24)13-25(30)29-10-8-28(9-11-29)19-6-4-18(27)5-7-19/h4-7,12,14H,8-11,13H2,1-3H3. The SMILES string of the molecule is Cc1oc2cc3oc(=O)c(CC(=O)N4CCN(c5ccc(Cl)cc5)CC4)c(C)c3cc2c1C. The molecule has 0 aliphatic carbocycles. The number of hydrogen-bond acceptors (Lipinski definition) is 5. The lowest BCUT2D eigenvalue weighted by molar-refractivity contribution is -0.130. The molecular weight excluding hydrogens is 440 g/mol. The minimum Gasteiger partial charge on any atom is -0.461 e. The Morgan fingerprint density at radius 2 is 1.55 bits per heavy atom. The van der Waals surface area contributed by atoms with Gasteiger partial charge in [-0.3, -0.25) is 4.79 Å². The summed E-state index contributed by atoms with van der Waals surface area (Å²) in [5.74, 6) is 0.783. The van der Waals surface area contributed by atoms with Gasteiger partial charge in [-0.2, -0.15) is 0 Å². The van der Waals surface area contributed by atoms with E-state index >= 15 is 0 Å². The van der Waals surface area contributed by atoms with E-state index in [0.29, 0.717) is 34.8 Å². The molecule has 0 radical (unpaired) electrons. The summed E-state index contributed by atoms with van der Waals surface area (Å²) in [5, 5.41) is 2.53. The topological polar surface area (TPSA) is 66.9 Å². The number of carbonyl (C=O) groups excluding carboxylic acids is 1. The Labute approximate surface area is 196 Å². The van der Waals surface area contributed by atoms with Gasteiger partial charge in [-0.1, -0.05) is 11.6 Å². The van der Waals surface area contributed by atoms with Crippen molar-refractivity contribution in [3.05, 3.63) is 74.3 Å². The van der Waals surface area contributed by atoms with Crippen LogP contribution >= 0.6 is 11.6 Å². The van der Waals surface area contributed by atoms with Crippen LogP contribution in [0.25, 0.3) is 21.9 Å². The van der Waals surface area contributed by atoms with Crippen LogP contribution in [-0.4, -0.2) is 37.0 Å². The molecule has 0 N–H and O–H groups in total. The molecule has 0 unspecified atom stereocenters. The van der Waals surface area contributed by atoms with Gasteiger partial charge in [-0.15, -0.1) is 0 Å².